The molecule has 2 aromatic heterocycles. The van der Waals surface area contributed by atoms with Crippen LogP contribution in [0, 0.1) is 0 Å². The van der Waals surface area contributed by atoms with Crippen LogP contribution in [0.1, 0.15) is 32.1 Å². The van der Waals surface area contributed by atoms with Crippen LogP contribution in [0.15, 0.2) is 22.8 Å². The van der Waals surface area contributed by atoms with Gasteiger partial charge >= 0.3 is 0 Å². The lowest BCUT2D eigenvalue weighted by Gasteiger charge is -2.05. The summed E-state index contributed by atoms with van der Waals surface area (Å²) < 4.78 is 0.738. The highest BCUT2D eigenvalue weighted by molar-refractivity contribution is 9.10. The third kappa shape index (κ3) is 2.90. The molecule has 0 radical (unpaired) electrons. The largest absolute Gasteiger partial charge is 0.347 e. The normalized spacial score (nSPS) is 13.3. The molecule has 3 rings (SSSR count). The Labute approximate surface area is 134 Å². The fraction of sp³-hybridized carbons (Fsp3) is 0.286. The van der Waals surface area contributed by atoms with E-state index in [0.717, 1.165) is 4.47 Å². The Hall–Kier alpha value is -0.910. The molecule has 20 heavy (non-hydrogen) atoms. The minimum Gasteiger partial charge on any atom is -0.347 e. The molecule has 0 bridgehead atoms. The van der Waals surface area contributed by atoms with E-state index >= 15 is 0 Å². The van der Waals surface area contributed by atoms with Crippen LogP contribution in [0.2, 0.25) is 5.15 Å². The number of aromatic nitrogens is 1. The zero-order valence-corrected chi connectivity index (χ0v) is 13.7. The Morgan fingerprint density at radius 3 is 3.10 bits per heavy atom. The number of rotatable bonds is 3. The van der Waals surface area contributed by atoms with E-state index in [4.69, 9.17) is 11.6 Å². The van der Waals surface area contributed by atoms with Crippen molar-refractivity contribution in [3.8, 4) is 0 Å². The van der Waals surface area contributed by atoms with Gasteiger partial charge in [0.05, 0.1) is 12.1 Å². The van der Waals surface area contributed by atoms with Gasteiger partial charge < -0.3 is 5.32 Å². The first-order valence-corrected chi connectivity index (χ1v) is 8.32. The van der Waals surface area contributed by atoms with Gasteiger partial charge in [0.15, 0.2) is 0 Å². The Morgan fingerprint density at radius 2 is 2.30 bits per heavy atom. The number of carbonyl (C=O) groups is 1. The first-order chi connectivity index (χ1) is 9.63. The topological polar surface area (TPSA) is 42.0 Å². The summed E-state index contributed by atoms with van der Waals surface area (Å²) in [6.07, 6.45) is 5.17. The van der Waals surface area contributed by atoms with Crippen LogP contribution in [-0.4, -0.2) is 10.9 Å². The number of hydrogen-bond donors (Lipinski definition) is 1. The summed E-state index contributed by atoms with van der Waals surface area (Å²) in [7, 11) is 0. The molecular weight excluding hydrogens is 360 g/mol. The molecule has 0 saturated carbocycles. The summed E-state index contributed by atoms with van der Waals surface area (Å²) in [5.74, 6) is -0.197. The summed E-state index contributed by atoms with van der Waals surface area (Å²) >= 11 is 11.0. The van der Waals surface area contributed by atoms with Crippen LogP contribution in [0.25, 0.3) is 0 Å². The quantitative estimate of drug-likeness (QED) is 0.829. The summed E-state index contributed by atoms with van der Waals surface area (Å²) in [6.45, 7) is 0.541. The van der Waals surface area contributed by atoms with E-state index in [0.29, 0.717) is 12.1 Å². The maximum Gasteiger partial charge on any atom is 0.254 e. The van der Waals surface area contributed by atoms with Crippen molar-refractivity contribution in [3.05, 3.63) is 48.8 Å². The molecule has 0 unspecified atom stereocenters. The van der Waals surface area contributed by atoms with Crippen molar-refractivity contribution < 1.29 is 4.79 Å². The summed E-state index contributed by atoms with van der Waals surface area (Å²) in [6, 6.07) is 3.88. The number of hydrogen-bond acceptors (Lipinski definition) is 3. The predicted molar refractivity (Wildman–Crippen MR) is 84.5 cm³/mol. The SMILES string of the molecule is O=C(NCc1cc2c(s1)CCC2)c1cc(Br)cnc1Cl. The average molecular weight is 372 g/mol. The van der Waals surface area contributed by atoms with E-state index in [9.17, 15) is 4.79 Å². The third-order valence-electron chi connectivity index (χ3n) is 3.27. The molecule has 0 aromatic carbocycles. The maximum absolute atomic E-state index is 12.1. The summed E-state index contributed by atoms with van der Waals surface area (Å²) in [5, 5.41) is 3.12. The van der Waals surface area contributed by atoms with Crippen LogP contribution in [0.5, 0.6) is 0 Å². The number of carbonyl (C=O) groups excluding carboxylic acids is 1. The van der Waals surface area contributed by atoms with Gasteiger partial charge in [-0.25, -0.2) is 4.98 Å². The van der Waals surface area contributed by atoms with Gasteiger partial charge in [0, 0.05) is 20.4 Å². The van der Waals surface area contributed by atoms with Gasteiger partial charge in [-0.2, -0.15) is 0 Å². The second-order valence-corrected chi connectivity index (χ2v) is 7.18. The zero-order valence-electron chi connectivity index (χ0n) is 10.6. The van der Waals surface area contributed by atoms with E-state index in [2.05, 4.69) is 32.3 Å². The van der Waals surface area contributed by atoms with E-state index in [-0.39, 0.29) is 11.1 Å². The number of nitrogens with zero attached hydrogens (tertiary/aromatic N) is 1. The second kappa shape index (κ2) is 5.84. The number of aryl methyl sites for hydroxylation is 2. The number of halogens is 2. The van der Waals surface area contributed by atoms with Crippen molar-refractivity contribution in [2.45, 2.75) is 25.8 Å². The monoisotopic (exact) mass is 370 g/mol. The number of amides is 1. The van der Waals surface area contributed by atoms with E-state index < -0.39 is 0 Å². The highest BCUT2D eigenvalue weighted by atomic mass is 79.9. The molecule has 2 aromatic rings. The molecule has 3 nitrogen and oxygen atoms in total. The van der Waals surface area contributed by atoms with Crippen LogP contribution in [-0.2, 0) is 19.4 Å². The molecule has 1 aliphatic rings. The lowest BCUT2D eigenvalue weighted by molar-refractivity contribution is 0.0951. The molecule has 6 heteroatoms. The van der Waals surface area contributed by atoms with Crippen LogP contribution in [0.4, 0.5) is 0 Å². The first kappa shape index (κ1) is 14.0. The van der Waals surface area contributed by atoms with Gasteiger partial charge in [-0.05, 0) is 52.9 Å². The van der Waals surface area contributed by atoms with Gasteiger partial charge in [-0.3, -0.25) is 4.79 Å². The van der Waals surface area contributed by atoms with Crippen molar-refractivity contribution in [2.24, 2.45) is 0 Å². The maximum atomic E-state index is 12.1. The second-order valence-electron chi connectivity index (χ2n) is 4.69. The van der Waals surface area contributed by atoms with Crippen molar-refractivity contribution >= 4 is 44.8 Å². The number of thiophene rings is 1. The number of fused-ring (bicyclic) bond motifs is 1. The first-order valence-electron chi connectivity index (χ1n) is 6.33. The molecule has 2 heterocycles. The summed E-state index contributed by atoms with van der Waals surface area (Å²) in [5.41, 5.74) is 1.84. The highest BCUT2D eigenvalue weighted by Gasteiger charge is 2.16. The molecule has 1 aliphatic carbocycles. The number of nitrogens with one attached hydrogen (secondary N) is 1. The molecule has 1 N–H and O–H groups in total. The Kier molecular flexibility index (Phi) is 4.10. The van der Waals surface area contributed by atoms with Crippen LogP contribution in [0.3, 0.4) is 0 Å². The van der Waals surface area contributed by atoms with Gasteiger partial charge in [0.1, 0.15) is 5.15 Å². The van der Waals surface area contributed by atoms with E-state index in [1.54, 1.807) is 23.6 Å². The smallest absolute Gasteiger partial charge is 0.254 e. The highest BCUT2D eigenvalue weighted by Crippen LogP contribution is 2.30. The van der Waals surface area contributed by atoms with Crippen molar-refractivity contribution in [2.75, 3.05) is 0 Å². The number of pyridine rings is 1. The molecule has 0 atom stereocenters. The lowest BCUT2D eigenvalue weighted by atomic mass is 10.2. The molecule has 1 amide bonds. The van der Waals surface area contributed by atoms with Crippen LogP contribution >= 0.6 is 38.9 Å². The molecule has 0 saturated heterocycles. The Morgan fingerprint density at radius 1 is 1.45 bits per heavy atom. The average Bonchev–Trinajstić information content (AvgIpc) is 2.99. The van der Waals surface area contributed by atoms with Gasteiger partial charge in [0.2, 0.25) is 0 Å². The van der Waals surface area contributed by atoms with Crippen molar-refractivity contribution in [1.82, 2.24) is 10.3 Å². The van der Waals surface area contributed by atoms with Crippen molar-refractivity contribution in [1.29, 1.82) is 0 Å². The molecule has 104 valence electrons. The lowest BCUT2D eigenvalue weighted by Crippen LogP contribution is -2.23. The molecule has 0 spiro atoms. The molecule has 0 aliphatic heterocycles. The minimum atomic E-state index is -0.197. The van der Waals surface area contributed by atoms with E-state index in [1.165, 1.54) is 34.6 Å². The van der Waals surface area contributed by atoms with Gasteiger partial charge in [-0.15, -0.1) is 11.3 Å². The van der Waals surface area contributed by atoms with Gasteiger partial charge in [0.25, 0.3) is 5.91 Å². The Balaban J connectivity index is 1.68. The Bertz CT molecular complexity index is 650. The predicted octanol–water partition coefficient (Wildman–Crippen LogP) is 3.98. The fourth-order valence-electron chi connectivity index (χ4n) is 2.32. The van der Waals surface area contributed by atoms with E-state index in [1.807, 2.05) is 0 Å². The standard InChI is InChI=1S/C14H12BrClN2OS/c15-9-5-11(13(16)17-6-9)14(19)18-7-10-4-8-2-1-3-12(8)20-10/h4-6H,1-3,7H2,(H,18,19). The van der Waals surface area contributed by atoms with Gasteiger partial charge in [-0.1, -0.05) is 11.6 Å². The minimum absolute atomic E-state index is 0.197. The van der Waals surface area contributed by atoms with Crippen molar-refractivity contribution in [3.63, 3.8) is 0 Å². The molecular formula is C14H12BrClN2OS. The molecule has 0 fully saturated rings. The summed E-state index contributed by atoms with van der Waals surface area (Å²) in [4.78, 5) is 18.7. The zero-order chi connectivity index (χ0) is 14.1. The fourth-order valence-corrected chi connectivity index (χ4v) is 4.04. The third-order valence-corrected chi connectivity index (χ3v) is 5.24. The van der Waals surface area contributed by atoms with Crippen LogP contribution < -0.4 is 5.32 Å².